The van der Waals surface area contributed by atoms with Crippen LogP contribution in [0.4, 0.5) is 15.8 Å². The topological polar surface area (TPSA) is 84.4 Å². The molecule has 2 heterocycles. The highest BCUT2D eigenvalue weighted by molar-refractivity contribution is 8.04. The van der Waals surface area contributed by atoms with Crippen LogP contribution in [0, 0.1) is 19.7 Å². The molecule has 7 nitrogen and oxygen atoms in total. The number of aromatic nitrogens is 2. The molecule has 2 amide bonds. The summed E-state index contributed by atoms with van der Waals surface area (Å²) in [6.45, 7) is 6.05. The molecule has 0 unspecified atom stereocenters. The summed E-state index contributed by atoms with van der Waals surface area (Å²) in [6.07, 6.45) is 0. The van der Waals surface area contributed by atoms with Crippen LogP contribution in [0.5, 0.6) is 5.75 Å². The van der Waals surface area contributed by atoms with Gasteiger partial charge in [0.05, 0.1) is 12.3 Å². The lowest BCUT2D eigenvalue weighted by atomic mass is 10.2. The second-order valence-corrected chi connectivity index (χ2v) is 8.20. The highest BCUT2D eigenvalue weighted by Crippen LogP contribution is 2.37. The molecule has 0 radical (unpaired) electrons. The Kier molecular flexibility index (Phi) is 6.41. The van der Waals surface area contributed by atoms with E-state index in [9.17, 15) is 14.0 Å². The molecule has 0 spiro atoms. The summed E-state index contributed by atoms with van der Waals surface area (Å²) < 4.78 is 19.9. The molecule has 3 aromatic rings. The first-order valence-corrected chi connectivity index (χ1v) is 11.1. The van der Waals surface area contributed by atoms with Crippen LogP contribution < -0.4 is 15.0 Å². The fourth-order valence-electron chi connectivity index (χ4n) is 3.34. The van der Waals surface area contributed by atoms with E-state index >= 15 is 0 Å². The van der Waals surface area contributed by atoms with Gasteiger partial charge < -0.3 is 10.1 Å². The molecule has 0 aliphatic carbocycles. The van der Waals surface area contributed by atoms with Gasteiger partial charge in [0.15, 0.2) is 5.16 Å². The van der Waals surface area contributed by atoms with Crippen molar-refractivity contribution in [3.8, 4) is 5.75 Å². The van der Waals surface area contributed by atoms with Crippen LogP contribution in [0.25, 0.3) is 0 Å². The van der Waals surface area contributed by atoms with Crippen molar-refractivity contribution in [2.45, 2.75) is 25.9 Å². The van der Waals surface area contributed by atoms with E-state index in [0.717, 1.165) is 28.0 Å². The van der Waals surface area contributed by atoms with Crippen LogP contribution in [0.1, 0.15) is 18.3 Å². The zero-order chi connectivity index (χ0) is 23.5. The smallest absolute Gasteiger partial charge is 0.283 e. The second-order valence-electron chi connectivity index (χ2n) is 7.22. The van der Waals surface area contributed by atoms with Crippen LogP contribution in [0.2, 0.25) is 0 Å². The maximum Gasteiger partial charge on any atom is 0.283 e. The molecule has 0 bridgehead atoms. The number of carbonyl (C=O) groups excluding carboxylic acids is 2. The Balaban J connectivity index is 1.74. The Morgan fingerprint density at radius 1 is 1.00 bits per heavy atom. The molecule has 4 rings (SSSR count). The maximum absolute atomic E-state index is 14.5. The molecule has 1 aliphatic heterocycles. The number of hydrogen-bond acceptors (Lipinski definition) is 7. The summed E-state index contributed by atoms with van der Waals surface area (Å²) in [5, 5.41) is 3.35. The van der Waals surface area contributed by atoms with E-state index in [4.69, 9.17) is 4.74 Å². The molecule has 0 saturated carbocycles. The largest absolute Gasteiger partial charge is 0.494 e. The Bertz CT molecular complexity index is 1240. The molecule has 1 aliphatic rings. The first-order valence-electron chi connectivity index (χ1n) is 10.2. The normalized spacial score (nSPS) is 13.6. The molecular formula is C24H21FN4O3S. The third kappa shape index (κ3) is 4.73. The number of benzene rings is 2. The van der Waals surface area contributed by atoms with E-state index in [2.05, 4.69) is 15.3 Å². The van der Waals surface area contributed by atoms with Crippen molar-refractivity contribution in [3.63, 3.8) is 0 Å². The lowest BCUT2D eigenvalue weighted by molar-refractivity contribution is -0.120. The van der Waals surface area contributed by atoms with E-state index < -0.39 is 17.6 Å². The number of anilines is 2. The Morgan fingerprint density at radius 3 is 2.30 bits per heavy atom. The van der Waals surface area contributed by atoms with E-state index in [1.165, 1.54) is 18.2 Å². The van der Waals surface area contributed by atoms with E-state index in [1.807, 2.05) is 26.8 Å². The molecule has 9 heteroatoms. The second kappa shape index (κ2) is 9.41. The molecule has 1 aromatic heterocycles. The molecule has 0 fully saturated rings. The standard InChI is InChI=1S/C24H21FN4O3S/c1-4-32-17-11-9-16(10-12-17)28-20-21(33-24-26-14(2)13-15(3)27-24)23(31)29(22(20)30)19-8-6-5-7-18(19)25/h5-13,28H,4H2,1-3H3. The van der Waals surface area contributed by atoms with Crippen molar-refractivity contribution in [1.82, 2.24) is 9.97 Å². The summed E-state index contributed by atoms with van der Waals surface area (Å²) in [6, 6.07) is 14.4. The molecule has 33 heavy (non-hydrogen) atoms. The van der Waals surface area contributed by atoms with E-state index in [0.29, 0.717) is 23.2 Å². The number of amides is 2. The van der Waals surface area contributed by atoms with Crippen molar-refractivity contribution in [2.75, 3.05) is 16.8 Å². The van der Waals surface area contributed by atoms with Crippen molar-refractivity contribution in [3.05, 3.63) is 82.4 Å². The average molecular weight is 465 g/mol. The third-order valence-corrected chi connectivity index (χ3v) is 5.67. The minimum absolute atomic E-state index is 0.0279. The van der Waals surface area contributed by atoms with Crippen molar-refractivity contribution in [2.24, 2.45) is 0 Å². The SMILES string of the molecule is CCOc1ccc(NC2=C(Sc3nc(C)cc(C)n3)C(=O)N(c3ccccc3F)C2=O)cc1. The molecule has 1 N–H and O–H groups in total. The van der Waals surface area contributed by atoms with Gasteiger partial charge in [-0.1, -0.05) is 12.1 Å². The number of halogens is 1. The fourth-order valence-corrected chi connectivity index (χ4v) is 4.32. The summed E-state index contributed by atoms with van der Waals surface area (Å²) in [5.74, 6) is -1.30. The minimum Gasteiger partial charge on any atom is -0.494 e. The zero-order valence-corrected chi connectivity index (χ0v) is 19.1. The van der Waals surface area contributed by atoms with E-state index in [-0.39, 0.29) is 16.3 Å². The highest BCUT2D eigenvalue weighted by Gasteiger charge is 2.41. The van der Waals surface area contributed by atoms with Gasteiger partial charge in [-0.05, 0) is 75.0 Å². The minimum atomic E-state index is -0.673. The van der Waals surface area contributed by atoms with Gasteiger partial charge in [0.1, 0.15) is 22.2 Å². The van der Waals surface area contributed by atoms with Gasteiger partial charge in [0.25, 0.3) is 11.8 Å². The Labute approximate surface area is 194 Å². The van der Waals surface area contributed by atoms with Gasteiger partial charge >= 0.3 is 0 Å². The van der Waals surface area contributed by atoms with Crippen LogP contribution >= 0.6 is 11.8 Å². The predicted molar refractivity (Wildman–Crippen MR) is 125 cm³/mol. The van der Waals surface area contributed by atoms with Crippen molar-refractivity contribution >= 4 is 35.0 Å². The summed E-state index contributed by atoms with van der Waals surface area (Å²) in [5.41, 5.74) is 1.95. The predicted octanol–water partition coefficient (Wildman–Crippen LogP) is 4.62. The first kappa shape index (κ1) is 22.5. The average Bonchev–Trinajstić information content (AvgIpc) is 2.99. The highest BCUT2D eigenvalue weighted by atomic mass is 32.2. The first-order chi connectivity index (χ1) is 15.9. The third-order valence-electron chi connectivity index (χ3n) is 4.72. The summed E-state index contributed by atoms with van der Waals surface area (Å²) in [4.78, 5) is 36.3. The lowest BCUT2D eigenvalue weighted by Crippen LogP contribution is -2.33. The molecule has 2 aromatic carbocycles. The number of ether oxygens (including phenoxy) is 1. The Hall–Kier alpha value is -3.72. The van der Waals surface area contributed by atoms with E-state index in [1.54, 1.807) is 30.3 Å². The van der Waals surface area contributed by atoms with Crippen LogP contribution in [-0.4, -0.2) is 28.4 Å². The number of nitrogens with one attached hydrogen (secondary N) is 1. The number of para-hydroxylation sites is 1. The molecule has 0 atom stereocenters. The van der Waals surface area contributed by atoms with Crippen molar-refractivity contribution < 1.29 is 18.7 Å². The Morgan fingerprint density at radius 2 is 1.67 bits per heavy atom. The molecule has 0 saturated heterocycles. The number of rotatable bonds is 7. The van der Waals surface area contributed by atoms with Gasteiger partial charge in [-0.2, -0.15) is 0 Å². The summed E-state index contributed by atoms with van der Waals surface area (Å²) >= 11 is 0.970. The molecule has 168 valence electrons. The van der Waals surface area contributed by atoms with Gasteiger partial charge in [-0.15, -0.1) is 0 Å². The van der Waals surface area contributed by atoms with Crippen molar-refractivity contribution in [1.29, 1.82) is 0 Å². The quantitative estimate of drug-likeness (QED) is 0.403. The summed E-state index contributed by atoms with van der Waals surface area (Å²) in [7, 11) is 0. The fraction of sp³-hybridized carbons (Fsp3) is 0.167. The number of imide groups is 1. The van der Waals surface area contributed by atoms with Crippen LogP contribution in [0.3, 0.4) is 0 Å². The van der Waals surface area contributed by atoms with Gasteiger partial charge in [0.2, 0.25) is 0 Å². The van der Waals surface area contributed by atoms with Gasteiger partial charge in [-0.25, -0.2) is 19.3 Å². The van der Waals surface area contributed by atoms with Crippen LogP contribution in [0.15, 0.2) is 70.4 Å². The number of aryl methyl sites for hydroxylation is 2. The van der Waals surface area contributed by atoms with Gasteiger partial charge in [-0.3, -0.25) is 9.59 Å². The van der Waals surface area contributed by atoms with Crippen LogP contribution in [-0.2, 0) is 9.59 Å². The molecular weight excluding hydrogens is 443 g/mol. The number of nitrogens with zero attached hydrogens (tertiary/aromatic N) is 3. The zero-order valence-electron chi connectivity index (χ0n) is 18.3. The monoisotopic (exact) mass is 464 g/mol. The number of hydrogen-bond donors (Lipinski definition) is 1. The van der Waals surface area contributed by atoms with Gasteiger partial charge in [0, 0.05) is 17.1 Å². The number of thioether (sulfide) groups is 1. The number of carbonyl (C=O) groups is 2. The lowest BCUT2D eigenvalue weighted by Gasteiger charge is -2.16. The maximum atomic E-state index is 14.5.